The van der Waals surface area contributed by atoms with Gasteiger partial charge in [-0.2, -0.15) is 0 Å². The summed E-state index contributed by atoms with van der Waals surface area (Å²) in [7, 11) is -3.43. The second-order valence-corrected chi connectivity index (χ2v) is 8.82. The Morgan fingerprint density at radius 2 is 1.79 bits per heavy atom. The number of nitrogens with zero attached hydrogens (tertiary/aromatic N) is 2. The summed E-state index contributed by atoms with van der Waals surface area (Å²) in [4.78, 5) is 4.07. The zero-order valence-electron chi connectivity index (χ0n) is 16.3. The second kappa shape index (κ2) is 8.44. The van der Waals surface area contributed by atoms with Crippen molar-refractivity contribution >= 4 is 15.7 Å². The third kappa shape index (κ3) is 4.70. The molecule has 6 heteroatoms. The van der Waals surface area contributed by atoms with Crippen LogP contribution in [0.1, 0.15) is 23.6 Å². The Labute approximate surface area is 166 Å². The Balaban J connectivity index is 1.85. The van der Waals surface area contributed by atoms with Crippen molar-refractivity contribution in [3.63, 3.8) is 0 Å². The van der Waals surface area contributed by atoms with Gasteiger partial charge in [0.25, 0.3) is 0 Å². The molecule has 0 aliphatic rings. The van der Waals surface area contributed by atoms with Gasteiger partial charge in [0, 0.05) is 12.4 Å². The zero-order chi connectivity index (χ0) is 20.1. The van der Waals surface area contributed by atoms with Crippen molar-refractivity contribution < 1.29 is 13.2 Å². The Morgan fingerprint density at radius 1 is 1.04 bits per heavy atom. The maximum absolute atomic E-state index is 12.6. The van der Waals surface area contributed by atoms with Gasteiger partial charge >= 0.3 is 0 Å². The lowest BCUT2D eigenvalue weighted by atomic mass is 10.1. The standard InChI is InChI=1S/C22H24N2O3S/c1-4-28(25,26)24(16-19-6-5-13-23-15-19)20-8-10-21(11-9-20)27-22-12-7-17(2)14-18(22)3/h5-15H,4,16H2,1-3H3. The highest BCUT2D eigenvalue weighted by Gasteiger charge is 2.21. The summed E-state index contributed by atoms with van der Waals surface area (Å²) in [5.41, 5.74) is 3.65. The third-order valence-corrected chi connectivity index (χ3v) is 6.17. The van der Waals surface area contributed by atoms with E-state index >= 15 is 0 Å². The van der Waals surface area contributed by atoms with Gasteiger partial charge in [0.15, 0.2) is 0 Å². The van der Waals surface area contributed by atoms with Crippen LogP contribution < -0.4 is 9.04 Å². The van der Waals surface area contributed by atoms with Crippen molar-refractivity contribution in [3.05, 3.63) is 83.7 Å². The predicted molar refractivity (Wildman–Crippen MR) is 112 cm³/mol. The molecule has 3 rings (SSSR count). The normalized spacial score (nSPS) is 11.2. The molecule has 0 saturated heterocycles. The SMILES string of the molecule is CCS(=O)(=O)N(Cc1cccnc1)c1ccc(Oc2ccc(C)cc2C)cc1. The topological polar surface area (TPSA) is 59.5 Å². The summed E-state index contributed by atoms with van der Waals surface area (Å²) in [6.45, 7) is 5.92. The lowest BCUT2D eigenvalue weighted by Crippen LogP contribution is -2.31. The Kier molecular flexibility index (Phi) is 5.99. The second-order valence-electron chi connectivity index (χ2n) is 6.63. The Bertz CT molecular complexity index is 1030. The van der Waals surface area contributed by atoms with E-state index in [1.54, 1.807) is 49.6 Å². The van der Waals surface area contributed by atoms with Gasteiger partial charge in [-0.1, -0.05) is 23.8 Å². The minimum Gasteiger partial charge on any atom is -0.457 e. The Hall–Kier alpha value is -2.86. The summed E-state index contributed by atoms with van der Waals surface area (Å²) in [6, 6.07) is 16.8. The molecule has 28 heavy (non-hydrogen) atoms. The van der Waals surface area contributed by atoms with Crippen molar-refractivity contribution in [1.82, 2.24) is 4.98 Å². The minimum atomic E-state index is -3.43. The van der Waals surface area contributed by atoms with Crippen LogP contribution in [0, 0.1) is 13.8 Å². The molecule has 3 aromatic rings. The van der Waals surface area contributed by atoms with Crippen molar-refractivity contribution in [2.45, 2.75) is 27.3 Å². The number of aryl methyl sites for hydroxylation is 2. The van der Waals surface area contributed by atoms with Crippen LogP contribution in [0.5, 0.6) is 11.5 Å². The molecule has 0 N–H and O–H groups in total. The van der Waals surface area contributed by atoms with E-state index < -0.39 is 10.0 Å². The maximum Gasteiger partial charge on any atom is 0.235 e. The summed E-state index contributed by atoms with van der Waals surface area (Å²) >= 11 is 0. The highest BCUT2D eigenvalue weighted by Crippen LogP contribution is 2.29. The van der Waals surface area contributed by atoms with Gasteiger partial charge in [-0.3, -0.25) is 9.29 Å². The number of hydrogen-bond acceptors (Lipinski definition) is 4. The molecular formula is C22H24N2O3S. The van der Waals surface area contributed by atoms with Gasteiger partial charge < -0.3 is 4.74 Å². The van der Waals surface area contributed by atoms with E-state index in [2.05, 4.69) is 11.1 Å². The number of hydrogen-bond donors (Lipinski definition) is 0. The molecule has 1 heterocycles. The average molecular weight is 397 g/mol. The van der Waals surface area contributed by atoms with E-state index in [1.807, 2.05) is 32.0 Å². The maximum atomic E-state index is 12.6. The number of anilines is 1. The Morgan fingerprint density at radius 3 is 2.39 bits per heavy atom. The third-order valence-electron chi connectivity index (χ3n) is 4.43. The summed E-state index contributed by atoms with van der Waals surface area (Å²) in [5.74, 6) is 1.46. The monoisotopic (exact) mass is 396 g/mol. The molecule has 0 aliphatic heterocycles. The fraction of sp³-hybridized carbons (Fsp3) is 0.227. The van der Waals surface area contributed by atoms with E-state index in [-0.39, 0.29) is 12.3 Å². The van der Waals surface area contributed by atoms with E-state index in [4.69, 9.17) is 4.74 Å². The van der Waals surface area contributed by atoms with Gasteiger partial charge in [-0.15, -0.1) is 0 Å². The van der Waals surface area contributed by atoms with Gasteiger partial charge in [-0.25, -0.2) is 8.42 Å². The van der Waals surface area contributed by atoms with E-state index in [0.717, 1.165) is 16.9 Å². The molecule has 0 atom stereocenters. The number of aromatic nitrogens is 1. The van der Waals surface area contributed by atoms with Crippen LogP contribution in [-0.2, 0) is 16.6 Å². The summed E-state index contributed by atoms with van der Waals surface area (Å²) < 4.78 is 32.6. The molecule has 0 saturated carbocycles. The van der Waals surface area contributed by atoms with E-state index in [1.165, 1.54) is 9.87 Å². The fourth-order valence-electron chi connectivity index (χ4n) is 2.88. The first-order valence-electron chi connectivity index (χ1n) is 9.13. The molecular weight excluding hydrogens is 372 g/mol. The molecule has 1 aromatic heterocycles. The van der Waals surface area contributed by atoms with Gasteiger partial charge in [0.2, 0.25) is 10.0 Å². The van der Waals surface area contributed by atoms with Crippen LogP contribution >= 0.6 is 0 Å². The molecule has 0 amide bonds. The average Bonchev–Trinajstić information content (AvgIpc) is 2.70. The summed E-state index contributed by atoms with van der Waals surface area (Å²) in [5, 5.41) is 0. The molecule has 0 aliphatic carbocycles. The van der Waals surface area contributed by atoms with Crippen LogP contribution in [0.4, 0.5) is 5.69 Å². The van der Waals surface area contributed by atoms with Crippen molar-refractivity contribution in [2.24, 2.45) is 0 Å². The first kappa shape index (κ1) is 19.9. The van der Waals surface area contributed by atoms with Crippen LogP contribution in [0.15, 0.2) is 67.0 Å². The zero-order valence-corrected chi connectivity index (χ0v) is 17.1. The first-order valence-corrected chi connectivity index (χ1v) is 10.7. The molecule has 2 aromatic carbocycles. The number of pyridine rings is 1. The quantitative estimate of drug-likeness (QED) is 0.573. The number of sulfonamides is 1. The smallest absolute Gasteiger partial charge is 0.235 e. The minimum absolute atomic E-state index is 0.0219. The largest absolute Gasteiger partial charge is 0.457 e. The van der Waals surface area contributed by atoms with Crippen molar-refractivity contribution in [1.29, 1.82) is 0 Å². The molecule has 0 unspecified atom stereocenters. The molecule has 146 valence electrons. The lowest BCUT2D eigenvalue weighted by molar-refractivity contribution is 0.479. The van der Waals surface area contributed by atoms with E-state index in [9.17, 15) is 8.42 Å². The van der Waals surface area contributed by atoms with Crippen LogP contribution in [0.25, 0.3) is 0 Å². The van der Waals surface area contributed by atoms with Crippen LogP contribution in [0.3, 0.4) is 0 Å². The van der Waals surface area contributed by atoms with Gasteiger partial charge in [0.05, 0.1) is 18.0 Å². The lowest BCUT2D eigenvalue weighted by Gasteiger charge is -2.24. The molecule has 0 bridgehead atoms. The highest BCUT2D eigenvalue weighted by atomic mass is 32.2. The molecule has 5 nitrogen and oxygen atoms in total. The predicted octanol–water partition coefficient (Wildman–Crippen LogP) is 4.85. The van der Waals surface area contributed by atoms with Gasteiger partial charge in [-0.05, 0) is 68.3 Å². The molecule has 0 spiro atoms. The van der Waals surface area contributed by atoms with Crippen LogP contribution in [-0.4, -0.2) is 19.2 Å². The van der Waals surface area contributed by atoms with Crippen LogP contribution in [0.2, 0.25) is 0 Å². The highest BCUT2D eigenvalue weighted by molar-refractivity contribution is 7.92. The number of benzene rings is 2. The fourth-order valence-corrected chi connectivity index (χ4v) is 3.99. The number of rotatable bonds is 7. The van der Waals surface area contributed by atoms with Crippen molar-refractivity contribution in [3.8, 4) is 11.5 Å². The summed E-state index contributed by atoms with van der Waals surface area (Å²) in [6.07, 6.45) is 3.34. The van der Waals surface area contributed by atoms with E-state index in [0.29, 0.717) is 11.4 Å². The number of ether oxygens (including phenoxy) is 1. The van der Waals surface area contributed by atoms with Gasteiger partial charge in [0.1, 0.15) is 11.5 Å². The molecule has 0 radical (unpaired) electrons. The molecule has 0 fully saturated rings. The van der Waals surface area contributed by atoms with Crippen molar-refractivity contribution in [2.75, 3.05) is 10.1 Å². The first-order chi connectivity index (χ1) is 13.4.